The van der Waals surface area contributed by atoms with Gasteiger partial charge in [0.25, 0.3) is 0 Å². The van der Waals surface area contributed by atoms with Crippen molar-refractivity contribution in [3.8, 4) is 5.69 Å². The highest BCUT2D eigenvalue weighted by molar-refractivity contribution is 7.89. The second kappa shape index (κ2) is 10.4. The Morgan fingerprint density at radius 2 is 1.68 bits per heavy atom. The first kappa shape index (κ1) is 24.0. The van der Waals surface area contributed by atoms with Crippen molar-refractivity contribution in [3.05, 3.63) is 66.0 Å². The molecule has 0 unspecified atom stereocenters. The predicted octanol–water partition coefficient (Wildman–Crippen LogP) is 4.10. The van der Waals surface area contributed by atoms with Crippen LogP contribution in [0.3, 0.4) is 0 Å². The van der Waals surface area contributed by atoms with E-state index in [2.05, 4.69) is 15.7 Å². The zero-order valence-electron chi connectivity index (χ0n) is 19.6. The van der Waals surface area contributed by atoms with E-state index in [1.807, 2.05) is 44.2 Å². The standard InChI is InChI=1S/C25H31N5O3S/c1-19-25(20(2)30(28-19)22-12-6-5-7-13-22)27-24(31)18-26-21-11-10-14-23(17-21)34(32,33)29-15-8-3-4-9-16-29/h5-7,10-14,17,26H,3-4,8-9,15-16,18H2,1-2H3,(H,27,31). The van der Waals surface area contributed by atoms with E-state index in [0.717, 1.165) is 42.8 Å². The summed E-state index contributed by atoms with van der Waals surface area (Å²) in [6.45, 7) is 4.87. The minimum atomic E-state index is -3.55. The van der Waals surface area contributed by atoms with E-state index >= 15 is 0 Å². The van der Waals surface area contributed by atoms with Crippen LogP contribution < -0.4 is 10.6 Å². The van der Waals surface area contributed by atoms with Crippen LogP contribution in [-0.2, 0) is 14.8 Å². The number of aryl methyl sites for hydroxylation is 1. The molecular weight excluding hydrogens is 450 g/mol. The second-order valence-corrected chi connectivity index (χ2v) is 10.5. The molecule has 4 rings (SSSR count). The average molecular weight is 482 g/mol. The number of hydrogen-bond acceptors (Lipinski definition) is 5. The molecule has 2 aromatic carbocycles. The maximum Gasteiger partial charge on any atom is 0.243 e. The maximum atomic E-state index is 13.1. The van der Waals surface area contributed by atoms with Gasteiger partial charge in [0.15, 0.2) is 0 Å². The third-order valence-corrected chi connectivity index (χ3v) is 7.94. The van der Waals surface area contributed by atoms with Crippen molar-refractivity contribution in [1.29, 1.82) is 0 Å². The highest BCUT2D eigenvalue weighted by Crippen LogP contribution is 2.24. The number of para-hydroxylation sites is 1. The minimum Gasteiger partial charge on any atom is -0.376 e. The molecule has 1 fully saturated rings. The summed E-state index contributed by atoms with van der Waals surface area (Å²) in [5.41, 5.74) is 3.74. The molecule has 1 aliphatic heterocycles. The van der Waals surface area contributed by atoms with Gasteiger partial charge in [0, 0.05) is 18.8 Å². The van der Waals surface area contributed by atoms with E-state index in [-0.39, 0.29) is 17.3 Å². The summed E-state index contributed by atoms with van der Waals surface area (Å²) in [7, 11) is -3.55. The number of amides is 1. The van der Waals surface area contributed by atoms with Gasteiger partial charge in [-0.2, -0.15) is 9.40 Å². The highest BCUT2D eigenvalue weighted by atomic mass is 32.2. The second-order valence-electron chi connectivity index (χ2n) is 8.54. The SMILES string of the molecule is Cc1nn(-c2ccccc2)c(C)c1NC(=O)CNc1cccc(S(=O)(=O)N2CCCCCC2)c1. The molecule has 1 aliphatic rings. The van der Waals surface area contributed by atoms with Crippen LogP contribution in [0.15, 0.2) is 59.5 Å². The summed E-state index contributed by atoms with van der Waals surface area (Å²) in [6.07, 6.45) is 3.89. The number of hydrogen-bond donors (Lipinski definition) is 2. The molecule has 0 spiro atoms. The molecule has 0 radical (unpaired) electrons. The Labute approximate surface area is 201 Å². The first-order valence-electron chi connectivity index (χ1n) is 11.6. The summed E-state index contributed by atoms with van der Waals surface area (Å²) in [6, 6.07) is 16.4. The number of sulfonamides is 1. The van der Waals surface area contributed by atoms with Crippen molar-refractivity contribution in [1.82, 2.24) is 14.1 Å². The number of carbonyl (C=O) groups excluding carboxylic acids is 1. The smallest absolute Gasteiger partial charge is 0.243 e. The monoisotopic (exact) mass is 481 g/mol. The van der Waals surface area contributed by atoms with Gasteiger partial charge in [-0.25, -0.2) is 13.1 Å². The van der Waals surface area contributed by atoms with Crippen molar-refractivity contribution in [2.24, 2.45) is 0 Å². The van der Waals surface area contributed by atoms with Gasteiger partial charge < -0.3 is 10.6 Å². The number of benzene rings is 2. The first-order valence-corrected chi connectivity index (χ1v) is 13.1. The molecule has 2 N–H and O–H groups in total. The molecular formula is C25H31N5O3S. The van der Waals surface area contributed by atoms with E-state index in [1.54, 1.807) is 33.3 Å². The highest BCUT2D eigenvalue weighted by Gasteiger charge is 2.25. The number of rotatable bonds is 7. The minimum absolute atomic E-state index is 0.00259. The quantitative estimate of drug-likeness (QED) is 0.530. The number of anilines is 2. The van der Waals surface area contributed by atoms with Gasteiger partial charge in [-0.3, -0.25) is 4.79 Å². The maximum absolute atomic E-state index is 13.1. The zero-order valence-corrected chi connectivity index (χ0v) is 20.4. The van der Waals surface area contributed by atoms with Crippen LogP contribution in [0.5, 0.6) is 0 Å². The topological polar surface area (TPSA) is 96.3 Å². The van der Waals surface area contributed by atoms with Crippen LogP contribution in [0.2, 0.25) is 0 Å². The van der Waals surface area contributed by atoms with Gasteiger partial charge in [-0.15, -0.1) is 0 Å². The van der Waals surface area contributed by atoms with E-state index in [0.29, 0.717) is 24.5 Å². The van der Waals surface area contributed by atoms with E-state index in [4.69, 9.17) is 0 Å². The van der Waals surface area contributed by atoms with Gasteiger partial charge >= 0.3 is 0 Å². The van der Waals surface area contributed by atoms with Crippen molar-refractivity contribution >= 4 is 27.3 Å². The zero-order chi connectivity index (χ0) is 24.1. The van der Waals surface area contributed by atoms with Gasteiger partial charge in [-0.05, 0) is 57.0 Å². The molecule has 1 saturated heterocycles. The van der Waals surface area contributed by atoms with E-state index < -0.39 is 10.0 Å². The number of nitrogens with zero attached hydrogens (tertiary/aromatic N) is 3. The van der Waals surface area contributed by atoms with Crippen LogP contribution in [-0.4, -0.2) is 48.0 Å². The van der Waals surface area contributed by atoms with Gasteiger partial charge in [0.05, 0.1) is 34.2 Å². The molecule has 1 aromatic heterocycles. The molecule has 0 saturated carbocycles. The lowest BCUT2D eigenvalue weighted by molar-refractivity contribution is -0.114. The van der Waals surface area contributed by atoms with E-state index in [9.17, 15) is 13.2 Å². The number of aromatic nitrogens is 2. The van der Waals surface area contributed by atoms with E-state index in [1.165, 1.54) is 0 Å². The molecule has 34 heavy (non-hydrogen) atoms. The molecule has 3 aromatic rings. The Morgan fingerprint density at radius 3 is 2.38 bits per heavy atom. The predicted molar refractivity (Wildman–Crippen MR) is 134 cm³/mol. The lowest BCUT2D eigenvalue weighted by Gasteiger charge is -2.20. The normalized spacial score (nSPS) is 15.0. The largest absolute Gasteiger partial charge is 0.376 e. The van der Waals surface area contributed by atoms with Crippen LogP contribution in [0.1, 0.15) is 37.1 Å². The summed E-state index contributed by atoms with van der Waals surface area (Å²) in [5.74, 6) is -0.236. The lowest BCUT2D eigenvalue weighted by Crippen LogP contribution is -2.32. The van der Waals surface area contributed by atoms with Crippen LogP contribution >= 0.6 is 0 Å². The Morgan fingerprint density at radius 1 is 0.971 bits per heavy atom. The van der Waals surface area contributed by atoms with Crippen LogP contribution in [0, 0.1) is 13.8 Å². The van der Waals surface area contributed by atoms with Crippen molar-refractivity contribution in [3.63, 3.8) is 0 Å². The summed E-state index contributed by atoms with van der Waals surface area (Å²) in [4.78, 5) is 12.9. The fraction of sp³-hybridized carbons (Fsp3) is 0.360. The van der Waals surface area contributed by atoms with Crippen molar-refractivity contribution < 1.29 is 13.2 Å². The summed E-state index contributed by atoms with van der Waals surface area (Å²) < 4.78 is 29.5. The molecule has 180 valence electrons. The lowest BCUT2D eigenvalue weighted by atomic mass is 10.2. The molecule has 0 atom stereocenters. The Bertz CT molecular complexity index is 1250. The van der Waals surface area contributed by atoms with Crippen LogP contribution in [0.25, 0.3) is 5.69 Å². The molecule has 9 heteroatoms. The fourth-order valence-electron chi connectivity index (χ4n) is 4.21. The molecule has 0 bridgehead atoms. The van der Waals surface area contributed by atoms with Crippen molar-refractivity contribution in [2.45, 2.75) is 44.4 Å². The fourth-order valence-corrected chi connectivity index (χ4v) is 5.77. The Hall–Kier alpha value is -3.17. The van der Waals surface area contributed by atoms with Crippen molar-refractivity contribution in [2.75, 3.05) is 30.3 Å². The summed E-state index contributed by atoms with van der Waals surface area (Å²) in [5, 5.41) is 10.5. The third kappa shape index (κ3) is 5.31. The Balaban J connectivity index is 1.42. The third-order valence-electron chi connectivity index (χ3n) is 6.05. The van der Waals surface area contributed by atoms with Gasteiger partial charge in [-0.1, -0.05) is 37.1 Å². The van der Waals surface area contributed by atoms with Gasteiger partial charge in [0.2, 0.25) is 15.9 Å². The summed E-state index contributed by atoms with van der Waals surface area (Å²) >= 11 is 0. The Kier molecular flexibility index (Phi) is 7.33. The number of nitrogens with one attached hydrogen (secondary N) is 2. The molecule has 8 nitrogen and oxygen atoms in total. The average Bonchev–Trinajstić information content (AvgIpc) is 3.03. The molecule has 0 aliphatic carbocycles. The van der Waals surface area contributed by atoms with Gasteiger partial charge in [0.1, 0.15) is 0 Å². The molecule has 1 amide bonds. The van der Waals surface area contributed by atoms with Crippen LogP contribution in [0.4, 0.5) is 11.4 Å². The molecule has 2 heterocycles. The number of carbonyl (C=O) groups is 1. The first-order chi connectivity index (χ1) is 16.4.